The van der Waals surface area contributed by atoms with Crippen molar-refractivity contribution in [3.8, 4) is 22.9 Å². The van der Waals surface area contributed by atoms with Gasteiger partial charge in [0.1, 0.15) is 5.75 Å². The molecule has 1 aliphatic heterocycles. The van der Waals surface area contributed by atoms with Crippen LogP contribution in [0.5, 0.6) is 5.75 Å². The van der Waals surface area contributed by atoms with Crippen LogP contribution in [0, 0.1) is 11.3 Å². The smallest absolute Gasteiger partial charge is 0.284 e. The molecule has 1 fully saturated rings. The van der Waals surface area contributed by atoms with Gasteiger partial charge in [0, 0.05) is 18.7 Å². The summed E-state index contributed by atoms with van der Waals surface area (Å²) in [7, 11) is 0. The lowest BCUT2D eigenvalue weighted by Crippen LogP contribution is -2.44. The van der Waals surface area contributed by atoms with Crippen LogP contribution in [0.1, 0.15) is 22.3 Å². The third-order valence-corrected chi connectivity index (χ3v) is 3.73. The second kappa shape index (κ2) is 6.84. The summed E-state index contributed by atoms with van der Waals surface area (Å²) in [6, 6.07) is 14.0. The summed E-state index contributed by atoms with van der Waals surface area (Å²) in [6.45, 7) is 1.46. The highest BCUT2D eigenvalue weighted by Crippen LogP contribution is 2.33. The van der Waals surface area contributed by atoms with Crippen molar-refractivity contribution in [2.75, 3.05) is 13.1 Å². The van der Waals surface area contributed by atoms with E-state index >= 15 is 0 Å². The van der Waals surface area contributed by atoms with E-state index in [4.69, 9.17) is 0 Å². The monoisotopic (exact) mass is 320 g/mol. The van der Waals surface area contributed by atoms with Gasteiger partial charge < -0.3 is 15.7 Å². The van der Waals surface area contributed by atoms with Crippen LogP contribution in [0.2, 0.25) is 0 Å². The number of rotatable bonds is 2. The minimum Gasteiger partial charge on any atom is -0.507 e. The summed E-state index contributed by atoms with van der Waals surface area (Å²) in [5, 5.41) is 25.6. The largest absolute Gasteiger partial charge is 0.507 e. The summed E-state index contributed by atoms with van der Waals surface area (Å²) in [4.78, 5) is 16.7. The Morgan fingerprint density at radius 2 is 1.83 bits per heavy atom. The van der Waals surface area contributed by atoms with E-state index in [2.05, 4.69) is 21.7 Å². The van der Waals surface area contributed by atoms with Crippen molar-refractivity contribution in [1.29, 1.82) is 5.26 Å². The molecule has 0 radical (unpaired) electrons. The van der Waals surface area contributed by atoms with Crippen molar-refractivity contribution >= 4 is 11.9 Å². The molecule has 0 aliphatic carbocycles. The van der Waals surface area contributed by atoms with Crippen molar-refractivity contribution in [1.82, 2.24) is 10.6 Å². The molecule has 6 heteroatoms. The van der Waals surface area contributed by atoms with E-state index in [0.29, 0.717) is 22.6 Å². The summed E-state index contributed by atoms with van der Waals surface area (Å²) in [5.41, 5.74) is 1.41. The highest BCUT2D eigenvalue weighted by molar-refractivity contribution is 6.09. The van der Waals surface area contributed by atoms with Crippen LogP contribution in [0.15, 0.2) is 47.5 Å². The predicted molar refractivity (Wildman–Crippen MR) is 90.6 cm³/mol. The van der Waals surface area contributed by atoms with Crippen molar-refractivity contribution in [2.45, 2.75) is 6.42 Å². The number of carbonyl (C=O) groups is 1. The van der Waals surface area contributed by atoms with Gasteiger partial charge in [-0.05, 0) is 24.1 Å². The van der Waals surface area contributed by atoms with Crippen molar-refractivity contribution in [3.05, 3.63) is 53.6 Å². The van der Waals surface area contributed by atoms with Gasteiger partial charge in [-0.15, -0.1) is 0 Å². The zero-order valence-corrected chi connectivity index (χ0v) is 12.9. The Labute approximate surface area is 139 Å². The first-order chi connectivity index (χ1) is 11.7. The summed E-state index contributed by atoms with van der Waals surface area (Å²) in [5.74, 6) is -0.412. The van der Waals surface area contributed by atoms with Crippen LogP contribution in [0.3, 0.4) is 0 Å². The molecule has 0 aromatic heterocycles. The summed E-state index contributed by atoms with van der Waals surface area (Å²) >= 11 is 0. The van der Waals surface area contributed by atoms with E-state index in [1.54, 1.807) is 12.1 Å². The molecule has 3 rings (SSSR count). The summed E-state index contributed by atoms with van der Waals surface area (Å²) in [6.07, 6.45) is 0.942. The fourth-order valence-corrected chi connectivity index (χ4v) is 2.61. The number of amides is 1. The molecule has 3 N–H and O–H groups in total. The van der Waals surface area contributed by atoms with Crippen LogP contribution >= 0.6 is 0 Å². The van der Waals surface area contributed by atoms with E-state index in [9.17, 15) is 15.2 Å². The number of nitrogens with zero attached hydrogens (tertiary/aromatic N) is 2. The molecular formula is C18H16N4O2. The Kier molecular flexibility index (Phi) is 4.43. The van der Waals surface area contributed by atoms with Gasteiger partial charge in [0.2, 0.25) is 0 Å². The molecule has 1 saturated heterocycles. The first kappa shape index (κ1) is 15.6. The first-order valence-corrected chi connectivity index (χ1v) is 7.63. The Morgan fingerprint density at radius 3 is 2.50 bits per heavy atom. The maximum atomic E-state index is 12.7. The van der Waals surface area contributed by atoms with Gasteiger partial charge in [0.05, 0.1) is 17.2 Å². The second-order valence-corrected chi connectivity index (χ2v) is 5.33. The third-order valence-electron chi connectivity index (χ3n) is 3.73. The average molecular weight is 320 g/mol. The zero-order valence-electron chi connectivity index (χ0n) is 12.9. The highest BCUT2D eigenvalue weighted by atomic mass is 16.3. The van der Waals surface area contributed by atoms with E-state index in [-0.39, 0.29) is 11.3 Å². The molecule has 2 aromatic rings. The Morgan fingerprint density at radius 1 is 1.12 bits per heavy atom. The molecule has 1 amide bonds. The first-order valence-electron chi connectivity index (χ1n) is 7.63. The molecule has 1 heterocycles. The number of nitriles is 1. The molecule has 0 spiro atoms. The minimum absolute atomic E-state index is 0.0296. The number of benzene rings is 2. The third kappa shape index (κ3) is 3.06. The van der Waals surface area contributed by atoms with Gasteiger partial charge >= 0.3 is 0 Å². The molecule has 0 saturated carbocycles. The number of aromatic hydroxyl groups is 1. The number of carbonyl (C=O) groups excluding carboxylic acids is 1. The molecular weight excluding hydrogens is 304 g/mol. The minimum atomic E-state index is -0.597. The number of hydrogen-bond donors (Lipinski definition) is 3. The number of hydrogen-bond acceptors (Lipinski definition) is 3. The van der Waals surface area contributed by atoms with Crippen LogP contribution in [0.4, 0.5) is 0 Å². The van der Waals surface area contributed by atoms with Gasteiger partial charge in [-0.1, -0.05) is 30.3 Å². The van der Waals surface area contributed by atoms with Gasteiger partial charge in [0.15, 0.2) is 5.96 Å². The predicted octanol–water partition coefficient (Wildman–Crippen LogP) is 2.01. The van der Waals surface area contributed by atoms with E-state index in [1.165, 1.54) is 12.1 Å². The van der Waals surface area contributed by atoms with Crippen molar-refractivity contribution in [3.63, 3.8) is 0 Å². The Hall–Kier alpha value is -3.33. The van der Waals surface area contributed by atoms with Gasteiger partial charge in [-0.25, -0.2) is 0 Å². The Bertz CT molecular complexity index is 830. The lowest BCUT2D eigenvalue weighted by molar-refractivity contribution is 0.1000. The number of guanidine groups is 1. The van der Waals surface area contributed by atoms with Crippen LogP contribution in [0.25, 0.3) is 11.1 Å². The molecule has 0 bridgehead atoms. The molecule has 6 nitrogen and oxygen atoms in total. The second-order valence-electron chi connectivity index (χ2n) is 5.33. The number of phenols is 1. The average Bonchev–Trinajstić information content (AvgIpc) is 2.63. The summed E-state index contributed by atoms with van der Waals surface area (Å²) < 4.78 is 0. The van der Waals surface area contributed by atoms with E-state index in [1.807, 2.05) is 18.2 Å². The molecule has 0 unspecified atom stereocenters. The molecule has 24 heavy (non-hydrogen) atoms. The van der Waals surface area contributed by atoms with Crippen LogP contribution in [-0.4, -0.2) is 30.1 Å². The molecule has 120 valence electrons. The van der Waals surface area contributed by atoms with Crippen LogP contribution < -0.4 is 10.6 Å². The fraction of sp³-hybridized carbons (Fsp3) is 0.167. The Balaban J connectivity index is 2.13. The molecule has 0 atom stereocenters. The molecule has 1 aliphatic rings. The fourth-order valence-electron chi connectivity index (χ4n) is 2.61. The quantitative estimate of drug-likeness (QED) is 0.786. The van der Waals surface area contributed by atoms with Crippen molar-refractivity contribution in [2.24, 2.45) is 4.99 Å². The zero-order chi connectivity index (χ0) is 16.9. The lowest BCUT2D eigenvalue weighted by atomic mass is 9.93. The van der Waals surface area contributed by atoms with Gasteiger partial charge in [-0.3, -0.25) is 4.79 Å². The SMILES string of the molecule is N#Cc1ccc(O)c(C(=O)N=C2NCCCN2)c1-c1ccccc1. The van der Waals surface area contributed by atoms with E-state index in [0.717, 1.165) is 19.5 Å². The molecule has 2 aromatic carbocycles. The van der Waals surface area contributed by atoms with Gasteiger partial charge in [-0.2, -0.15) is 10.3 Å². The highest BCUT2D eigenvalue weighted by Gasteiger charge is 2.21. The maximum Gasteiger partial charge on any atom is 0.284 e. The number of aliphatic imine (C=N–C) groups is 1. The normalized spacial score (nSPS) is 13.4. The van der Waals surface area contributed by atoms with Crippen molar-refractivity contribution < 1.29 is 9.90 Å². The number of phenolic OH excluding ortho intramolecular Hbond substituents is 1. The standard InChI is InChI=1S/C18H16N4O2/c19-11-13-7-8-14(23)16(15(13)12-5-2-1-3-6-12)17(24)22-18-20-9-4-10-21-18/h1-3,5-8,23H,4,9-10H2,(H2,20,21,22,24). The van der Waals surface area contributed by atoms with E-state index < -0.39 is 5.91 Å². The lowest BCUT2D eigenvalue weighted by Gasteiger charge is -2.17. The van der Waals surface area contributed by atoms with Gasteiger partial charge in [0.25, 0.3) is 5.91 Å². The number of nitrogens with one attached hydrogen (secondary N) is 2. The van der Waals surface area contributed by atoms with Crippen LogP contribution in [-0.2, 0) is 0 Å². The maximum absolute atomic E-state index is 12.7. The topological polar surface area (TPSA) is 97.5 Å².